The molecule has 0 spiro atoms. The number of hydrogen-bond acceptors (Lipinski definition) is 6. The average molecular weight is 334 g/mol. The Kier molecular flexibility index (Phi) is 4.24. The van der Waals surface area contributed by atoms with Crippen LogP contribution in [0.15, 0.2) is 17.0 Å². The highest BCUT2D eigenvalue weighted by Gasteiger charge is 2.36. The molecule has 0 atom stereocenters. The number of nitrogens with zero attached hydrogens (tertiary/aromatic N) is 1. The number of aldehydes is 1. The lowest BCUT2D eigenvalue weighted by molar-refractivity contribution is -0.388. The maximum atomic E-state index is 12.1. The summed E-state index contributed by atoms with van der Waals surface area (Å²) in [6, 6.07) is 0.487. The molecule has 0 saturated carbocycles. The molecule has 1 aromatic carbocycles. The fraction of sp³-hybridized carbons (Fsp3) is 0.125. The summed E-state index contributed by atoms with van der Waals surface area (Å²) in [6.45, 7) is 0. The van der Waals surface area contributed by atoms with Gasteiger partial charge in [-0.3, -0.25) is 14.9 Å². The Bertz CT molecular complexity index is 672. The lowest BCUT2D eigenvalue weighted by Crippen LogP contribution is -2.18. The summed E-state index contributed by atoms with van der Waals surface area (Å²) in [5.74, 6) is -1.33. The van der Waals surface area contributed by atoms with Gasteiger partial charge in [0.25, 0.3) is 9.05 Å². The third-order valence-electron chi connectivity index (χ3n) is 1.90. The van der Waals surface area contributed by atoms with Crippen molar-refractivity contribution in [3.8, 4) is 5.75 Å². The summed E-state index contributed by atoms with van der Waals surface area (Å²) in [5.41, 5.74) is -2.10. The number of alkyl halides is 3. The van der Waals surface area contributed by atoms with E-state index in [1.54, 1.807) is 0 Å². The smallest absolute Gasteiger partial charge is 0.398 e. The van der Waals surface area contributed by atoms with Gasteiger partial charge in [-0.15, -0.1) is 13.2 Å². The second-order valence-electron chi connectivity index (χ2n) is 3.22. The molecule has 20 heavy (non-hydrogen) atoms. The van der Waals surface area contributed by atoms with Gasteiger partial charge in [-0.05, 0) is 6.07 Å². The summed E-state index contributed by atoms with van der Waals surface area (Å²) in [7, 11) is 0.370. The Hall–Kier alpha value is -1.88. The van der Waals surface area contributed by atoms with Crippen molar-refractivity contribution >= 4 is 31.7 Å². The van der Waals surface area contributed by atoms with E-state index in [2.05, 4.69) is 4.74 Å². The van der Waals surface area contributed by atoms with Gasteiger partial charge in [0.1, 0.15) is 0 Å². The molecule has 0 aliphatic rings. The molecule has 7 nitrogen and oxygen atoms in total. The fourth-order valence-electron chi connectivity index (χ4n) is 1.22. The van der Waals surface area contributed by atoms with Crippen molar-refractivity contribution in [2.75, 3.05) is 0 Å². The maximum Gasteiger partial charge on any atom is 0.573 e. The number of benzene rings is 1. The molecule has 0 saturated heterocycles. The topological polar surface area (TPSA) is 104 Å². The minimum atomic E-state index is -5.26. The Labute approximate surface area is 113 Å². The van der Waals surface area contributed by atoms with Gasteiger partial charge in [0, 0.05) is 22.3 Å². The standard InChI is InChI=1S/C8H3ClF3NO6S/c9-20(17,18)7-2-5(13(15)16)6(1-4(7)3-14)19-8(10,11)12/h1-3H. The molecule has 0 aliphatic carbocycles. The second-order valence-corrected chi connectivity index (χ2v) is 5.75. The van der Waals surface area contributed by atoms with Gasteiger partial charge in [0.15, 0.2) is 6.29 Å². The van der Waals surface area contributed by atoms with E-state index in [4.69, 9.17) is 10.7 Å². The molecule has 0 aromatic heterocycles. The van der Waals surface area contributed by atoms with Gasteiger partial charge in [-0.2, -0.15) is 0 Å². The van der Waals surface area contributed by atoms with Crippen molar-refractivity contribution in [1.29, 1.82) is 0 Å². The highest BCUT2D eigenvalue weighted by atomic mass is 35.7. The van der Waals surface area contributed by atoms with Gasteiger partial charge in [0.2, 0.25) is 5.75 Å². The molecule has 0 aliphatic heterocycles. The number of halogens is 4. The second kappa shape index (κ2) is 5.25. The van der Waals surface area contributed by atoms with Crippen molar-refractivity contribution < 1.29 is 36.0 Å². The summed E-state index contributed by atoms with van der Waals surface area (Å²) < 4.78 is 61.8. The van der Waals surface area contributed by atoms with Crippen LogP contribution in [0.4, 0.5) is 18.9 Å². The molecule has 0 bridgehead atoms. The van der Waals surface area contributed by atoms with Gasteiger partial charge in [-0.1, -0.05) is 0 Å². The van der Waals surface area contributed by atoms with Crippen LogP contribution in [-0.4, -0.2) is 26.0 Å². The first-order valence-electron chi connectivity index (χ1n) is 4.43. The number of ether oxygens (including phenoxy) is 1. The first kappa shape index (κ1) is 16.2. The minimum Gasteiger partial charge on any atom is -0.398 e. The summed E-state index contributed by atoms with van der Waals surface area (Å²) in [6.07, 6.45) is -5.38. The first-order valence-corrected chi connectivity index (χ1v) is 6.74. The number of nitro groups is 1. The highest BCUT2D eigenvalue weighted by Crippen LogP contribution is 2.36. The fourth-order valence-corrected chi connectivity index (χ4v) is 2.26. The maximum absolute atomic E-state index is 12.1. The van der Waals surface area contributed by atoms with E-state index in [-0.39, 0.29) is 18.4 Å². The molecule has 0 fully saturated rings. The number of carbonyl (C=O) groups excluding carboxylic acids is 1. The molecular weight excluding hydrogens is 331 g/mol. The molecule has 110 valence electrons. The summed E-state index contributed by atoms with van der Waals surface area (Å²) in [4.78, 5) is 19.0. The minimum absolute atomic E-state index is 0.123. The Balaban J connectivity index is 3.62. The Morgan fingerprint density at radius 1 is 1.35 bits per heavy atom. The lowest BCUT2D eigenvalue weighted by atomic mass is 10.2. The Morgan fingerprint density at radius 2 is 1.90 bits per heavy atom. The largest absolute Gasteiger partial charge is 0.573 e. The molecule has 1 aromatic rings. The highest BCUT2D eigenvalue weighted by molar-refractivity contribution is 8.13. The monoisotopic (exact) mass is 333 g/mol. The lowest BCUT2D eigenvalue weighted by Gasteiger charge is -2.10. The number of hydrogen-bond donors (Lipinski definition) is 0. The van der Waals surface area contributed by atoms with Crippen LogP contribution < -0.4 is 4.74 Å². The number of rotatable bonds is 4. The average Bonchev–Trinajstić information content (AvgIpc) is 2.24. The van der Waals surface area contributed by atoms with Crippen LogP contribution in [0, 0.1) is 10.1 Å². The predicted octanol–water partition coefficient (Wildman–Crippen LogP) is 2.23. The van der Waals surface area contributed by atoms with Crippen LogP contribution in [0.25, 0.3) is 0 Å². The van der Waals surface area contributed by atoms with Gasteiger partial charge in [0.05, 0.1) is 9.82 Å². The molecule has 0 heterocycles. The molecule has 0 unspecified atom stereocenters. The van der Waals surface area contributed by atoms with Gasteiger partial charge in [-0.25, -0.2) is 8.42 Å². The van der Waals surface area contributed by atoms with E-state index in [1.165, 1.54) is 0 Å². The third kappa shape index (κ3) is 3.81. The van der Waals surface area contributed by atoms with E-state index < -0.39 is 42.2 Å². The zero-order valence-corrected chi connectivity index (χ0v) is 10.6. The van der Waals surface area contributed by atoms with Crippen molar-refractivity contribution in [2.24, 2.45) is 0 Å². The third-order valence-corrected chi connectivity index (χ3v) is 3.28. The van der Waals surface area contributed by atoms with Crippen molar-refractivity contribution in [3.05, 3.63) is 27.8 Å². The molecule has 12 heteroatoms. The molecule has 0 radical (unpaired) electrons. The van der Waals surface area contributed by atoms with Crippen molar-refractivity contribution in [1.82, 2.24) is 0 Å². The summed E-state index contributed by atoms with van der Waals surface area (Å²) >= 11 is 0. The summed E-state index contributed by atoms with van der Waals surface area (Å²) in [5, 5.41) is 10.6. The van der Waals surface area contributed by atoms with Crippen molar-refractivity contribution in [3.63, 3.8) is 0 Å². The van der Waals surface area contributed by atoms with E-state index >= 15 is 0 Å². The molecular formula is C8H3ClF3NO6S. The van der Waals surface area contributed by atoms with Gasteiger partial charge >= 0.3 is 12.0 Å². The van der Waals surface area contributed by atoms with E-state index in [1.807, 2.05) is 0 Å². The van der Waals surface area contributed by atoms with E-state index in [0.717, 1.165) is 0 Å². The van der Waals surface area contributed by atoms with Crippen LogP contribution in [0.1, 0.15) is 10.4 Å². The van der Waals surface area contributed by atoms with E-state index in [0.29, 0.717) is 0 Å². The molecule has 0 amide bonds. The van der Waals surface area contributed by atoms with Crippen LogP contribution in [-0.2, 0) is 9.05 Å². The SMILES string of the molecule is O=Cc1cc(OC(F)(F)F)c([N+](=O)[O-])cc1S(=O)(=O)Cl. The molecule has 1 rings (SSSR count). The quantitative estimate of drug-likeness (QED) is 0.362. The van der Waals surface area contributed by atoms with Gasteiger partial charge < -0.3 is 4.74 Å². The molecule has 0 N–H and O–H groups in total. The van der Waals surface area contributed by atoms with Crippen LogP contribution in [0.3, 0.4) is 0 Å². The van der Waals surface area contributed by atoms with Crippen LogP contribution in [0.2, 0.25) is 0 Å². The number of nitro benzene ring substituents is 1. The zero-order chi connectivity index (χ0) is 15.7. The first-order chi connectivity index (χ1) is 8.95. The Morgan fingerprint density at radius 3 is 2.25 bits per heavy atom. The normalized spacial score (nSPS) is 12.0. The van der Waals surface area contributed by atoms with E-state index in [9.17, 15) is 36.5 Å². The predicted molar refractivity (Wildman–Crippen MR) is 58.2 cm³/mol. The van der Waals surface area contributed by atoms with Crippen molar-refractivity contribution in [2.45, 2.75) is 11.3 Å². The zero-order valence-electron chi connectivity index (χ0n) is 9.05. The van der Waals surface area contributed by atoms with Crippen LogP contribution in [0.5, 0.6) is 5.75 Å². The number of carbonyl (C=O) groups is 1. The van der Waals surface area contributed by atoms with Crippen LogP contribution >= 0.6 is 10.7 Å².